The molecule has 3 nitrogen and oxygen atoms in total. The number of carbonyl (C=O) groups is 1. The maximum Gasteiger partial charge on any atom is 0.304 e. The molecular weight excluding hydrogens is 280 g/mol. The Labute approximate surface area is 99.1 Å². The second-order valence-corrected chi connectivity index (χ2v) is 5.45. The molecule has 0 aliphatic carbocycles. The van der Waals surface area contributed by atoms with Crippen LogP contribution in [0.25, 0.3) is 0 Å². The van der Waals surface area contributed by atoms with Crippen LogP contribution in [-0.4, -0.2) is 21.0 Å². The average Bonchev–Trinajstić information content (AvgIpc) is 2.18. The van der Waals surface area contributed by atoms with Crippen molar-refractivity contribution in [1.29, 1.82) is 0 Å². The van der Waals surface area contributed by atoms with E-state index in [1.54, 1.807) is 0 Å². The van der Waals surface area contributed by atoms with Crippen molar-refractivity contribution in [1.82, 2.24) is 0 Å². The first-order valence-corrected chi connectivity index (χ1v) is 6.68. The lowest BCUT2D eigenvalue weighted by molar-refractivity contribution is -0.136. The van der Waals surface area contributed by atoms with Crippen LogP contribution in [0.4, 0.5) is 0 Å². The third kappa shape index (κ3) is 4.57. The fourth-order valence-corrected chi connectivity index (χ4v) is 2.82. The summed E-state index contributed by atoms with van der Waals surface area (Å²) in [5.41, 5.74) is 0.946. The smallest absolute Gasteiger partial charge is 0.304 e. The molecule has 1 aromatic carbocycles. The number of hydrogen-bond donors (Lipinski definition) is 1. The maximum atomic E-state index is 11.5. The van der Waals surface area contributed by atoms with Gasteiger partial charge in [0.2, 0.25) is 0 Å². The van der Waals surface area contributed by atoms with Gasteiger partial charge in [-0.1, -0.05) is 34.1 Å². The highest BCUT2D eigenvalue weighted by Crippen LogP contribution is 2.17. The third-order valence-electron chi connectivity index (χ3n) is 1.82. The molecule has 1 rings (SSSR count). The Balaban J connectivity index is 2.52. The van der Waals surface area contributed by atoms with Crippen molar-refractivity contribution < 1.29 is 14.1 Å². The monoisotopic (exact) mass is 290 g/mol. The minimum atomic E-state index is -1.11. The Morgan fingerprint density at radius 3 is 2.67 bits per heavy atom. The van der Waals surface area contributed by atoms with Gasteiger partial charge in [-0.05, 0) is 11.6 Å². The zero-order chi connectivity index (χ0) is 11.3. The minimum Gasteiger partial charge on any atom is -0.481 e. The Morgan fingerprint density at radius 2 is 2.07 bits per heavy atom. The first kappa shape index (κ1) is 12.4. The predicted molar refractivity (Wildman–Crippen MR) is 63.1 cm³/mol. The number of halogens is 1. The van der Waals surface area contributed by atoms with Gasteiger partial charge in [-0.3, -0.25) is 9.00 Å². The highest BCUT2D eigenvalue weighted by Gasteiger charge is 2.06. The molecule has 0 radical (unpaired) electrons. The van der Waals surface area contributed by atoms with E-state index in [9.17, 15) is 9.00 Å². The van der Waals surface area contributed by atoms with Crippen molar-refractivity contribution in [3.8, 4) is 0 Å². The standard InChI is InChI=1S/C10H11BrO3S/c11-9-4-2-1-3-8(9)7-15(14)6-5-10(12)13/h1-4H,5-7H2,(H,12,13). The van der Waals surface area contributed by atoms with Crippen LogP contribution in [0.15, 0.2) is 28.7 Å². The quantitative estimate of drug-likeness (QED) is 0.904. The van der Waals surface area contributed by atoms with Crippen LogP contribution in [0.5, 0.6) is 0 Å². The molecule has 0 aliphatic rings. The lowest BCUT2D eigenvalue weighted by Gasteiger charge is -2.03. The summed E-state index contributed by atoms with van der Waals surface area (Å²) in [4.78, 5) is 10.3. The molecule has 0 saturated carbocycles. The first-order valence-electron chi connectivity index (χ1n) is 4.40. The molecule has 5 heteroatoms. The van der Waals surface area contributed by atoms with Crippen molar-refractivity contribution in [2.24, 2.45) is 0 Å². The van der Waals surface area contributed by atoms with Crippen LogP contribution >= 0.6 is 15.9 Å². The second kappa shape index (κ2) is 6.02. The van der Waals surface area contributed by atoms with Gasteiger partial charge in [0.25, 0.3) is 0 Å². The number of hydrogen-bond acceptors (Lipinski definition) is 2. The van der Waals surface area contributed by atoms with Gasteiger partial charge in [0.15, 0.2) is 0 Å². The number of benzene rings is 1. The lowest BCUT2D eigenvalue weighted by Crippen LogP contribution is -2.06. The van der Waals surface area contributed by atoms with Crippen LogP contribution < -0.4 is 0 Å². The molecule has 0 fully saturated rings. The van der Waals surface area contributed by atoms with Crippen LogP contribution in [0.1, 0.15) is 12.0 Å². The van der Waals surface area contributed by atoms with Gasteiger partial charge in [-0.15, -0.1) is 0 Å². The van der Waals surface area contributed by atoms with Crippen LogP contribution in [0, 0.1) is 0 Å². The number of carboxylic acid groups (broad SMARTS) is 1. The van der Waals surface area contributed by atoms with E-state index in [4.69, 9.17) is 5.11 Å². The number of rotatable bonds is 5. The van der Waals surface area contributed by atoms with E-state index in [1.165, 1.54) is 0 Å². The van der Waals surface area contributed by atoms with Crippen LogP contribution in [-0.2, 0) is 21.3 Å². The topological polar surface area (TPSA) is 54.4 Å². The summed E-state index contributed by atoms with van der Waals surface area (Å²) in [6, 6.07) is 7.51. The SMILES string of the molecule is O=C(O)CCS(=O)Cc1ccccc1Br. The van der Waals surface area contributed by atoms with E-state index in [0.29, 0.717) is 5.75 Å². The minimum absolute atomic E-state index is 0.0446. The average molecular weight is 291 g/mol. The van der Waals surface area contributed by atoms with Gasteiger partial charge in [-0.25, -0.2) is 0 Å². The van der Waals surface area contributed by atoms with Crippen LogP contribution in [0.2, 0.25) is 0 Å². The van der Waals surface area contributed by atoms with E-state index >= 15 is 0 Å². The van der Waals surface area contributed by atoms with E-state index in [-0.39, 0.29) is 12.2 Å². The van der Waals surface area contributed by atoms with Gasteiger partial charge < -0.3 is 5.11 Å². The van der Waals surface area contributed by atoms with E-state index in [1.807, 2.05) is 24.3 Å². The zero-order valence-electron chi connectivity index (χ0n) is 7.98. The van der Waals surface area contributed by atoms with Gasteiger partial charge >= 0.3 is 5.97 Å². The fraction of sp³-hybridized carbons (Fsp3) is 0.300. The molecule has 82 valence electrons. The van der Waals surface area contributed by atoms with Gasteiger partial charge in [0, 0.05) is 26.8 Å². The van der Waals surface area contributed by atoms with Crippen molar-refractivity contribution in [2.45, 2.75) is 12.2 Å². The summed E-state index contributed by atoms with van der Waals surface area (Å²) in [6.45, 7) is 0. The molecule has 1 aromatic rings. The van der Waals surface area contributed by atoms with E-state index < -0.39 is 16.8 Å². The fourth-order valence-electron chi connectivity index (χ4n) is 1.06. The second-order valence-electron chi connectivity index (χ2n) is 3.02. The molecule has 0 saturated heterocycles. The van der Waals surface area contributed by atoms with Gasteiger partial charge in [0.05, 0.1) is 6.42 Å². The van der Waals surface area contributed by atoms with E-state index in [2.05, 4.69) is 15.9 Å². The highest BCUT2D eigenvalue weighted by molar-refractivity contribution is 9.10. The molecule has 1 atom stereocenters. The molecule has 0 aromatic heterocycles. The lowest BCUT2D eigenvalue weighted by atomic mass is 10.2. The normalized spacial score (nSPS) is 12.3. The first-order chi connectivity index (χ1) is 7.09. The summed E-state index contributed by atoms with van der Waals surface area (Å²) >= 11 is 3.35. The Hall–Kier alpha value is -0.680. The predicted octanol–water partition coefficient (Wildman–Crippen LogP) is 2.17. The molecule has 15 heavy (non-hydrogen) atoms. The molecule has 0 aliphatic heterocycles. The van der Waals surface area contributed by atoms with Gasteiger partial charge in [0.1, 0.15) is 0 Å². The summed E-state index contributed by atoms with van der Waals surface area (Å²) < 4.78 is 12.4. The van der Waals surface area contributed by atoms with Crippen molar-refractivity contribution in [3.05, 3.63) is 34.3 Å². The summed E-state index contributed by atoms with van der Waals surface area (Å²) in [7, 11) is -1.11. The molecule has 0 amide bonds. The Kier molecular flexibility index (Phi) is 4.98. The maximum absolute atomic E-state index is 11.5. The van der Waals surface area contributed by atoms with Crippen LogP contribution in [0.3, 0.4) is 0 Å². The Morgan fingerprint density at radius 1 is 1.40 bits per heavy atom. The third-order valence-corrected chi connectivity index (χ3v) is 3.88. The highest BCUT2D eigenvalue weighted by atomic mass is 79.9. The summed E-state index contributed by atoms with van der Waals surface area (Å²) in [5.74, 6) is -0.304. The van der Waals surface area contributed by atoms with Crippen molar-refractivity contribution in [3.63, 3.8) is 0 Å². The summed E-state index contributed by atoms with van der Waals surface area (Å²) in [5, 5.41) is 8.44. The van der Waals surface area contributed by atoms with Gasteiger partial charge in [-0.2, -0.15) is 0 Å². The molecule has 0 bridgehead atoms. The van der Waals surface area contributed by atoms with Crippen molar-refractivity contribution in [2.75, 3.05) is 5.75 Å². The zero-order valence-corrected chi connectivity index (χ0v) is 10.4. The Bertz CT molecular complexity index is 379. The molecular formula is C10H11BrO3S. The molecule has 1 N–H and O–H groups in total. The summed E-state index contributed by atoms with van der Waals surface area (Å²) in [6.07, 6.45) is -0.0446. The largest absolute Gasteiger partial charge is 0.481 e. The number of carboxylic acids is 1. The molecule has 1 unspecified atom stereocenters. The van der Waals surface area contributed by atoms with E-state index in [0.717, 1.165) is 10.0 Å². The molecule has 0 heterocycles. The molecule has 0 spiro atoms. The van der Waals surface area contributed by atoms with Crippen molar-refractivity contribution >= 4 is 32.7 Å². The number of aliphatic carboxylic acids is 1.